The fourth-order valence-electron chi connectivity index (χ4n) is 13.3. The number of benzene rings is 5. The van der Waals surface area contributed by atoms with E-state index in [4.69, 9.17) is 14.0 Å². The molecule has 276 valence electrons. The van der Waals surface area contributed by atoms with Crippen LogP contribution in [0.25, 0.3) is 0 Å². The summed E-state index contributed by atoms with van der Waals surface area (Å²) < 4.78 is 30.9. The summed E-state index contributed by atoms with van der Waals surface area (Å²) >= 11 is 0. The first-order chi connectivity index (χ1) is 26.8. The Kier molecular flexibility index (Phi) is 8.70. The number of phosphoric ester groups is 1. The van der Waals surface area contributed by atoms with Gasteiger partial charge in [-0.2, -0.15) is 0 Å². The van der Waals surface area contributed by atoms with Gasteiger partial charge in [0.05, 0.1) is 6.61 Å². The first kappa shape index (κ1) is 37.7. The Hall–Kier alpha value is -2.23. The molecule has 5 aromatic rings. The number of ether oxygens (including phenoxy) is 2. The molecule has 10 heteroatoms. The van der Waals surface area contributed by atoms with Crippen LogP contribution in [0.1, 0.15) is 169 Å². The van der Waals surface area contributed by atoms with Crippen molar-refractivity contribution in [1.29, 1.82) is 0 Å². The number of rotatable bonds is 8. The molecule has 9 unspecified atom stereocenters. The monoisotopic (exact) mass is 792 g/mol. The number of fused-ring (bicyclic) bond motifs is 32. The number of hydrogen-bond donors (Lipinski definition) is 1. The molecule has 13 rings (SSSR count). The first-order valence-corrected chi connectivity index (χ1v) is 21.6. The van der Waals surface area contributed by atoms with Gasteiger partial charge in [-0.1, -0.05) is 72.8 Å². The predicted molar refractivity (Wildman–Crippen MR) is 202 cm³/mol. The third-order valence-electron chi connectivity index (χ3n) is 15.1. The number of aliphatic hydroxyl groups is 1. The molecule has 0 amide bonds. The smallest absolute Gasteiger partial charge is 0.780 e. The minimum atomic E-state index is -5.44. The van der Waals surface area contributed by atoms with Gasteiger partial charge in [0.15, 0.2) is 0 Å². The van der Waals surface area contributed by atoms with Crippen molar-refractivity contribution in [3.8, 4) is 11.5 Å². The van der Waals surface area contributed by atoms with Crippen LogP contribution in [0.3, 0.4) is 0 Å². The standard InChI is InChI=1S/C47H41O7P.2Na/c1-2-52-19-21(48)20-53-46-42-38-17-40(36-15-32-28-11-26(30(32)13-34(36)38)22-7-3-5-9-24(22)28)44(42)47(54-55(49,50)51)45-41-18-39(43(45)46)35-14-31-27-12-29(33(31)16-37(35)41)25-10-6-4-8-23(25)27;;/h3-10,13-16,21,26-29,38-41,48H,2,11-12,17-20H2,1H3,(H2,49,50,51);;/q;2*+1/p-2. The third kappa shape index (κ3) is 5.00. The first-order valence-electron chi connectivity index (χ1n) is 20.1. The summed E-state index contributed by atoms with van der Waals surface area (Å²) in [5, 5.41) is 11.0. The van der Waals surface area contributed by atoms with Gasteiger partial charge in [0, 0.05) is 76.2 Å². The van der Waals surface area contributed by atoms with Crippen molar-refractivity contribution in [2.75, 3.05) is 19.8 Å². The van der Waals surface area contributed by atoms with Gasteiger partial charge in [0.25, 0.3) is 0 Å². The molecule has 0 aromatic heterocycles. The second-order valence-corrected chi connectivity index (χ2v) is 18.4. The summed E-state index contributed by atoms with van der Waals surface area (Å²) in [5.74, 6) is 2.16. The van der Waals surface area contributed by atoms with E-state index in [0.717, 1.165) is 53.7 Å². The number of hydrogen-bond acceptors (Lipinski definition) is 7. The van der Waals surface area contributed by atoms with Crippen LogP contribution < -0.4 is 78.2 Å². The Bertz CT molecular complexity index is 2480. The van der Waals surface area contributed by atoms with E-state index >= 15 is 0 Å². The SMILES string of the molecule is CCOCC(O)COc1c2c(c(OP(=O)([O-])[O-])c3c1C1CC3c3cc4c(cc31)C1CC4c3ccccc31)C1CC2c2cc3c(cc21)C1CC3c2ccccc21.[Na+].[Na+]. The minimum Gasteiger partial charge on any atom is -0.780 e. The van der Waals surface area contributed by atoms with E-state index in [2.05, 4.69) is 72.8 Å². The van der Waals surface area contributed by atoms with Crippen molar-refractivity contribution in [2.45, 2.75) is 86.1 Å². The summed E-state index contributed by atoms with van der Waals surface area (Å²) in [7, 11) is -5.44. The summed E-state index contributed by atoms with van der Waals surface area (Å²) in [5.41, 5.74) is 19.7. The molecular weight excluding hydrogens is 753 g/mol. The van der Waals surface area contributed by atoms with Crippen LogP contribution in [0.2, 0.25) is 0 Å². The van der Waals surface area contributed by atoms with E-state index in [1.165, 1.54) is 66.8 Å². The molecular formula is C47H39Na2O7P. The normalized spacial score (nSPS) is 27.4. The van der Waals surface area contributed by atoms with Crippen molar-refractivity contribution in [3.05, 3.63) is 162 Å². The predicted octanol–water partition coefficient (Wildman–Crippen LogP) is 1.60. The number of phosphoric acid groups is 1. The molecule has 8 aliphatic carbocycles. The molecule has 0 saturated heterocycles. The molecule has 0 radical (unpaired) electrons. The molecule has 0 spiro atoms. The zero-order chi connectivity index (χ0) is 36.6. The van der Waals surface area contributed by atoms with E-state index in [-0.39, 0.29) is 102 Å². The van der Waals surface area contributed by atoms with Gasteiger partial charge >= 0.3 is 59.1 Å². The van der Waals surface area contributed by atoms with E-state index in [9.17, 15) is 19.5 Å². The molecule has 0 aliphatic heterocycles. The topological polar surface area (TPSA) is 111 Å². The Balaban J connectivity index is 0.00000187. The van der Waals surface area contributed by atoms with E-state index < -0.39 is 13.9 Å². The van der Waals surface area contributed by atoms with Crippen LogP contribution in [0, 0.1) is 0 Å². The number of aliphatic hydroxyl groups excluding tert-OH is 1. The summed E-state index contributed by atoms with van der Waals surface area (Å²) in [6.07, 6.45) is 2.88. The van der Waals surface area contributed by atoms with Crippen LogP contribution in [-0.4, -0.2) is 31.0 Å². The second kappa shape index (κ2) is 13.1. The van der Waals surface area contributed by atoms with Gasteiger partial charge in [0.2, 0.25) is 0 Å². The average Bonchev–Trinajstić information content (AvgIpc) is 4.06. The summed E-state index contributed by atoms with van der Waals surface area (Å²) in [4.78, 5) is 25.6. The fourth-order valence-corrected chi connectivity index (χ4v) is 13.7. The van der Waals surface area contributed by atoms with E-state index in [1.54, 1.807) is 0 Å². The molecule has 1 N–H and O–H groups in total. The quantitative estimate of drug-likeness (QED) is 0.188. The largest absolute Gasteiger partial charge is 1.00 e. The van der Waals surface area contributed by atoms with E-state index in [1.807, 2.05) is 6.92 Å². The van der Waals surface area contributed by atoms with Gasteiger partial charge in [-0.3, -0.25) is 0 Å². The van der Waals surface area contributed by atoms with Gasteiger partial charge < -0.3 is 33.5 Å². The summed E-state index contributed by atoms with van der Waals surface area (Å²) in [6.45, 7) is 2.60. The molecule has 7 nitrogen and oxygen atoms in total. The van der Waals surface area contributed by atoms with Crippen molar-refractivity contribution in [1.82, 2.24) is 0 Å². The summed E-state index contributed by atoms with van der Waals surface area (Å²) in [6, 6.07) is 27.3. The van der Waals surface area contributed by atoms with Gasteiger partial charge in [0.1, 0.15) is 32.0 Å². The van der Waals surface area contributed by atoms with Crippen LogP contribution >= 0.6 is 7.82 Å². The second-order valence-electron chi connectivity index (χ2n) is 17.3. The Labute approximate surface area is 376 Å². The zero-order valence-electron chi connectivity index (χ0n) is 32.4. The van der Waals surface area contributed by atoms with Crippen LogP contribution in [0.15, 0.2) is 72.8 Å². The Morgan fingerprint density at radius 3 is 1.25 bits per heavy atom. The molecule has 8 bridgehead atoms. The molecule has 0 fully saturated rings. The van der Waals surface area contributed by atoms with E-state index in [0.29, 0.717) is 30.3 Å². The molecule has 5 aromatic carbocycles. The minimum absolute atomic E-state index is 0. The van der Waals surface area contributed by atoms with Crippen molar-refractivity contribution in [3.63, 3.8) is 0 Å². The molecule has 8 aliphatic rings. The average molecular weight is 793 g/mol. The van der Waals surface area contributed by atoms with Crippen molar-refractivity contribution >= 4 is 7.82 Å². The maximum Gasteiger partial charge on any atom is 1.00 e. The van der Waals surface area contributed by atoms with Gasteiger partial charge in [-0.25, -0.2) is 0 Å². The molecule has 0 heterocycles. The van der Waals surface area contributed by atoms with Crippen LogP contribution in [-0.2, 0) is 9.30 Å². The molecule has 57 heavy (non-hydrogen) atoms. The Morgan fingerprint density at radius 1 is 0.561 bits per heavy atom. The fraction of sp³-hybridized carbons (Fsp3) is 0.362. The van der Waals surface area contributed by atoms with Gasteiger partial charge in [-0.05, 0) is 99.4 Å². The van der Waals surface area contributed by atoms with Crippen molar-refractivity contribution in [2.24, 2.45) is 0 Å². The van der Waals surface area contributed by atoms with Gasteiger partial charge in [-0.15, -0.1) is 0 Å². The maximum atomic E-state index is 12.8. The molecule has 9 atom stereocenters. The molecule has 0 saturated carbocycles. The Morgan fingerprint density at radius 2 is 0.895 bits per heavy atom. The third-order valence-corrected chi connectivity index (χ3v) is 15.5. The van der Waals surface area contributed by atoms with Crippen molar-refractivity contribution < 1.29 is 92.6 Å². The maximum absolute atomic E-state index is 12.8. The zero-order valence-corrected chi connectivity index (χ0v) is 37.3. The van der Waals surface area contributed by atoms with Crippen LogP contribution in [0.5, 0.6) is 11.5 Å². The van der Waals surface area contributed by atoms with Crippen LogP contribution in [0.4, 0.5) is 0 Å².